The molecule has 1 aromatic heterocycles. The second-order valence-electron chi connectivity index (χ2n) is 5.18. The first-order valence-corrected chi connectivity index (χ1v) is 5.87. The molecule has 0 amide bonds. The Labute approximate surface area is 104 Å². The molecule has 1 fully saturated rings. The predicted molar refractivity (Wildman–Crippen MR) is 64.1 cm³/mol. The molecule has 3 N–H and O–H groups in total. The lowest BCUT2D eigenvalue weighted by molar-refractivity contribution is -0.137. The lowest BCUT2D eigenvalue weighted by Gasteiger charge is -2.38. The Morgan fingerprint density at radius 3 is 2.56 bits per heavy atom. The molecule has 3 nitrogen and oxygen atoms in total. The summed E-state index contributed by atoms with van der Waals surface area (Å²) < 4.78 is 37.8. The van der Waals surface area contributed by atoms with Crippen LogP contribution in [-0.2, 0) is 6.18 Å². The van der Waals surface area contributed by atoms with Crippen LogP contribution in [0.2, 0.25) is 0 Å². The molecule has 0 radical (unpaired) electrons. The molecular weight excluding hydrogens is 243 g/mol. The van der Waals surface area contributed by atoms with Crippen molar-refractivity contribution in [1.29, 1.82) is 0 Å². The van der Waals surface area contributed by atoms with Crippen LogP contribution in [0.1, 0.15) is 31.7 Å². The van der Waals surface area contributed by atoms with Gasteiger partial charge in [0.25, 0.3) is 0 Å². The van der Waals surface area contributed by atoms with Crippen LogP contribution in [0.5, 0.6) is 0 Å². The van der Waals surface area contributed by atoms with Crippen LogP contribution in [0.25, 0.3) is 0 Å². The van der Waals surface area contributed by atoms with Gasteiger partial charge in [-0.15, -0.1) is 0 Å². The zero-order valence-electron chi connectivity index (χ0n) is 10.1. The first-order chi connectivity index (χ1) is 8.28. The number of anilines is 2. The number of nitrogens with one attached hydrogen (secondary N) is 1. The highest BCUT2D eigenvalue weighted by Crippen LogP contribution is 2.40. The molecule has 0 aliphatic heterocycles. The fourth-order valence-electron chi connectivity index (χ4n) is 2.07. The van der Waals surface area contributed by atoms with E-state index in [0.29, 0.717) is 6.54 Å². The van der Waals surface area contributed by atoms with Gasteiger partial charge in [0.15, 0.2) is 0 Å². The number of alkyl halides is 3. The van der Waals surface area contributed by atoms with Crippen molar-refractivity contribution in [2.75, 3.05) is 17.6 Å². The van der Waals surface area contributed by atoms with E-state index < -0.39 is 11.7 Å². The minimum Gasteiger partial charge on any atom is -0.384 e. The molecule has 1 saturated carbocycles. The summed E-state index contributed by atoms with van der Waals surface area (Å²) in [6.45, 7) is 2.74. The van der Waals surface area contributed by atoms with E-state index in [0.717, 1.165) is 25.0 Å². The minimum atomic E-state index is -4.39. The molecule has 0 spiro atoms. The van der Waals surface area contributed by atoms with Gasteiger partial charge in [0.1, 0.15) is 11.6 Å². The van der Waals surface area contributed by atoms with Crippen LogP contribution in [0.15, 0.2) is 12.1 Å². The molecule has 18 heavy (non-hydrogen) atoms. The van der Waals surface area contributed by atoms with Crippen molar-refractivity contribution in [3.05, 3.63) is 17.7 Å². The fraction of sp³-hybridized carbons (Fsp3) is 0.583. The molecule has 0 aromatic carbocycles. The molecule has 0 bridgehead atoms. The molecule has 100 valence electrons. The van der Waals surface area contributed by atoms with E-state index in [4.69, 9.17) is 5.73 Å². The van der Waals surface area contributed by atoms with Gasteiger partial charge in [0.2, 0.25) is 0 Å². The first kappa shape index (κ1) is 13.0. The predicted octanol–water partition coefficient (Wildman–Crippen LogP) is 3.28. The van der Waals surface area contributed by atoms with E-state index in [-0.39, 0.29) is 17.1 Å². The molecule has 1 aliphatic rings. The van der Waals surface area contributed by atoms with Gasteiger partial charge in [-0.2, -0.15) is 13.2 Å². The third-order valence-corrected chi connectivity index (χ3v) is 3.43. The number of nitrogen functional groups attached to an aromatic ring is 1. The number of nitrogens with zero attached hydrogens (tertiary/aromatic N) is 1. The number of pyridine rings is 1. The number of halogens is 3. The Balaban J connectivity index is 2.10. The summed E-state index contributed by atoms with van der Waals surface area (Å²) in [7, 11) is 0. The highest BCUT2D eigenvalue weighted by Gasteiger charge is 2.33. The highest BCUT2D eigenvalue weighted by molar-refractivity contribution is 5.47. The number of aromatic nitrogens is 1. The monoisotopic (exact) mass is 259 g/mol. The summed E-state index contributed by atoms with van der Waals surface area (Å²) in [5, 5.41) is 2.95. The van der Waals surface area contributed by atoms with E-state index >= 15 is 0 Å². The van der Waals surface area contributed by atoms with Gasteiger partial charge in [-0.3, -0.25) is 0 Å². The van der Waals surface area contributed by atoms with Crippen LogP contribution in [-0.4, -0.2) is 11.5 Å². The Bertz CT molecular complexity index is 439. The Morgan fingerprint density at radius 1 is 1.39 bits per heavy atom. The van der Waals surface area contributed by atoms with Crippen molar-refractivity contribution in [2.45, 2.75) is 32.4 Å². The average Bonchev–Trinajstić information content (AvgIpc) is 2.22. The third kappa shape index (κ3) is 2.86. The standard InChI is InChI=1S/C12H16F3N3/c1-11(3-2-4-11)7-17-10-6-8(12(13,14)15)5-9(16)18-10/h5-6H,2-4,7H2,1H3,(H3,16,17,18). The molecule has 1 aromatic rings. The van der Waals surface area contributed by atoms with Crippen LogP contribution >= 0.6 is 0 Å². The second-order valence-corrected chi connectivity index (χ2v) is 5.18. The quantitative estimate of drug-likeness (QED) is 0.875. The molecule has 0 atom stereocenters. The van der Waals surface area contributed by atoms with E-state index in [1.807, 2.05) is 0 Å². The van der Waals surface area contributed by atoms with Crippen molar-refractivity contribution < 1.29 is 13.2 Å². The Kier molecular flexibility index (Phi) is 3.12. The van der Waals surface area contributed by atoms with Gasteiger partial charge in [0, 0.05) is 6.54 Å². The summed E-state index contributed by atoms with van der Waals surface area (Å²) in [4.78, 5) is 3.88. The van der Waals surface area contributed by atoms with Crippen molar-refractivity contribution in [3.63, 3.8) is 0 Å². The van der Waals surface area contributed by atoms with Crippen LogP contribution in [0, 0.1) is 5.41 Å². The van der Waals surface area contributed by atoms with E-state index in [1.54, 1.807) is 0 Å². The average molecular weight is 259 g/mol. The topological polar surface area (TPSA) is 50.9 Å². The fourth-order valence-corrected chi connectivity index (χ4v) is 2.07. The normalized spacial score (nSPS) is 18.2. The summed E-state index contributed by atoms with van der Waals surface area (Å²) in [5.74, 6) is 0.0709. The third-order valence-electron chi connectivity index (χ3n) is 3.43. The molecule has 2 rings (SSSR count). The first-order valence-electron chi connectivity index (χ1n) is 5.87. The highest BCUT2D eigenvalue weighted by atomic mass is 19.4. The van der Waals surface area contributed by atoms with Crippen LogP contribution in [0.4, 0.5) is 24.8 Å². The van der Waals surface area contributed by atoms with Crippen molar-refractivity contribution >= 4 is 11.6 Å². The zero-order valence-corrected chi connectivity index (χ0v) is 10.1. The minimum absolute atomic E-state index is 0.119. The van der Waals surface area contributed by atoms with Gasteiger partial charge in [-0.05, 0) is 30.4 Å². The van der Waals surface area contributed by atoms with E-state index in [2.05, 4.69) is 17.2 Å². The molecule has 0 unspecified atom stereocenters. The van der Waals surface area contributed by atoms with Crippen LogP contribution < -0.4 is 11.1 Å². The van der Waals surface area contributed by atoms with Crippen molar-refractivity contribution in [2.24, 2.45) is 5.41 Å². The summed E-state index contributed by atoms with van der Waals surface area (Å²) in [5.41, 5.74) is 4.79. The summed E-state index contributed by atoms with van der Waals surface area (Å²) in [6, 6.07) is 1.84. The summed E-state index contributed by atoms with van der Waals surface area (Å²) in [6.07, 6.45) is -1.03. The van der Waals surface area contributed by atoms with Gasteiger partial charge in [0.05, 0.1) is 5.56 Å². The maximum atomic E-state index is 12.6. The smallest absolute Gasteiger partial charge is 0.384 e. The van der Waals surface area contributed by atoms with Gasteiger partial charge in [-0.1, -0.05) is 13.3 Å². The summed E-state index contributed by atoms with van der Waals surface area (Å²) >= 11 is 0. The second kappa shape index (κ2) is 4.33. The number of nitrogens with two attached hydrogens (primary N) is 1. The largest absolute Gasteiger partial charge is 0.416 e. The Hall–Kier alpha value is -1.46. The number of hydrogen-bond acceptors (Lipinski definition) is 3. The molecule has 1 heterocycles. The zero-order chi connectivity index (χ0) is 13.4. The maximum absolute atomic E-state index is 12.6. The van der Waals surface area contributed by atoms with Gasteiger partial charge in [-0.25, -0.2) is 4.98 Å². The lowest BCUT2D eigenvalue weighted by atomic mass is 9.70. The Morgan fingerprint density at radius 2 is 2.06 bits per heavy atom. The number of rotatable bonds is 3. The molecule has 6 heteroatoms. The van der Waals surface area contributed by atoms with Crippen molar-refractivity contribution in [3.8, 4) is 0 Å². The van der Waals surface area contributed by atoms with E-state index in [9.17, 15) is 13.2 Å². The molecule has 0 saturated heterocycles. The van der Waals surface area contributed by atoms with E-state index in [1.165, 1.54) is 6.42 Å². The molecular formula is C12H16F3N3. The van der Waals surface area contributed by atoms with Gasteiger partial charge >= 0.3 is 6.18 Å². The van der Waals surface area contributed by atoms with Crippen molar-refractivity contribution in [1.82, 2.24) is 4.98 Å². The van der Waals surface area contributed by atoms with Crippen LogP contribution in [0.3, 0.4) is 0 Å². The maximum Gasteiger partial charge on any atom is 0.416 e. The number of hydrogen-bond donors (Lipinski definition) is 2. The molecule has 1 aliphatic carbocycles. The lowest BCUT2D eigenvalue weighted by Crippen LogP contribution is -2.33. The van der Waals surface area contributed by atoms with Gasteiger partial charge < -0.3 is 11.1 Å². The SMILES string of the molecule is CC1(CNc2cc(C(F)(F)F)cc(N)n2)CCC1.